The molecule has 0 heterocycles. The molecule has 2 unspecified atom stereocenters. The standard InChI is InChI=1S/C16H24N4/c17-11-15(9-13-5-1-2-6-13)19-20-16(12-18)10-14-7-3-4-8-14/h13-16H,1-10H2. The molecule has 4 heteroatoms. The summed E-state index contributed by atoms with van der Waals surface area (Å²) < 4.78 is 0. The van der Waals surface area contributed by atoms with Gasteiger partial charge < -0.3 is 0 Å². The van der Waals surface area contributed by atoms with Gasteiger partial charge in [-0.15, -0.1) is 0 Å². The summed E-state index contributed by atoms with van der Waals surface area (Å²) in [7, 11) is 0. The van der Waals surface area contributed by atoms with E-state index >= 15 is 0 Å². The molecule has 2 fully saturated rings. The first-order valence-electron chi connectivity index (χ1n) is 8.01. The van der Waals surface area contributed by atoms with Crippen LogP contribution in [-0.4, -0.2) is 12.1 Å². The zero-order valence-electron chi connectivity index (χ0n) is 12.2. The summed E-state index contributed by atoms with van der Waals surface area (Å²) in [5.41, 5.74) is 0. The lowest BCUT2D eigenvalue weighted by Gasteiger charge is -2.12. The molecule has 0 N–H and O–H groups in total. The Labute approximate surface area is 121 Å². The number of hydrogen-bond donors (Lipinski definition) is 0. The van der Waals surface area contributed by atoms with Gasteiger partial charge in [-0.25, -0.2) is 0 Å². The van der Waals surface area contributed by atoms with Crippen molar-refractivity contribution in [3.63, 3.8) is 0 Å². The minimum atomic E-state index is -0.350. The molecule has 0 aromatic rings. The van der Waals surface area contributed by atoms with Gasteiger partial charge in [-0.05, 0) is 24.7 Å². The maximum Gasteiger partial charge on any atom is 0.157 e. The van der Waals surface area contributed by atoms with Crippen molar-refractivity contribution >= 4 is 0 Å². The second-order valence-corrected chi connectivity index (χ2v) is 6.29. The van der Waals surface area contributed by atoms with E-state index < -0.39 is 0 Å². The van der Waals surface area contributed by atoms with Crippen LogP contribution in [0.2, 0.25) is 0 Å². The Morgan fingerprint density at radius 3 is 1.40 bits per heavy atom. The van der Waals surface area contributed by atoms with Gasteiger partial charge in [0.1, 0.15) is 0 Å². The molecule has 0 aromatic carbocycles. The average Bonchev–Trinajstić information content (AvgIpc) is 3.15. The van der Waals surface area contributed by atoms with Crippen LogP contribution in [0.1, 0.15) is 64.2 Å². The van der Waals surface area contributed by atoms with Crippen molar-refractivity contribution in [1.82, 2.24) is 0 Å². The quantitative estimate of drug-likeness (QED) is 0.673. The molecule has 4 nitrogen and oxygen atoms in total. The fourth-order valence-electron chi connectivity index (χ4n) is 3.54. The lowest BCUT2D eigenvalue weighted by molar-refractivity contribution is 0.449. The van der Waals surface area contributed by atoms with Crippen LogP contribution < -0.4 is 0 Å². The van der Waals surface area contributed by atoms with Crippen LogP contribution in [0, 0.1) is 34.5 Å². The third-order valence-corrected chi connectivity index (χ3v) is 4.71. The summed E-state index contributed by atoms with van der Waals surface area (Å²) in [6, 6.07) is 3.77. The van der Waals surface area contributed by atoms with E-state index in [4.69, 9.17) is 10.5 Å². The SMILES string of the molecule is N#CC(CC1CCCC1)N=NC(C#N)CC1CCCC1. The van der Waals surface area contributed by atoms with E-state index in [0.717, 1.165) is 12.8 Å². The molecule has 2 rings (SSSR count). The van der Waals surface area contributed by atoms with Crippen LogP contribution in [0.5, 0.6) is 0 Å². The highest BCUT2D eigenvalue weighted by molar-refractivity contribution is 4.95. The van der Waals surface area contributed by atoms with Gasteiger partial charge in [-0.1, -0.05) is 51.4 Å². The van der Waals surface area contributed by atoms with Crippen LogP contribution >= 0.6 is 0 Å². The number of azo groups is 1. The Balaban J connectivity index is 1.80. The van der Waals surface area contributed by atoms with Gasteiger partial charge in [-0.3, -0.25) is 0 Å². The largest absolute Gasteiger partial charge is 0.196 e. The molecule has 20 heavy (non-hydrogen) atoms. The zero-order valence-corrected chi connectivity index (χ0v) is 12.2. The van der Waals surface area contributed by atoms with Crippen molar-refractivity contribution in [2.45, 2.75) is 76.3 Å². The zero-order chi connectivity index (χ0) is 14.2. The number of hydrogen-bond acceptors (Lipinski definition) is 4. The third-order valence-electron chi connectivity index (χ3n) is 4.71. The topological polar surface area (TPSA) is 72.3 Å². The molecular formula is C16H24N4. The van der Waals surface area contributed by atoms with Crippen LogP contribution in [0.15, 0.2) is 10.2 Å². The van der Waals surface area contributed by atoms with Crippen molar-refractivity contribution in [3.05, 3.63) is 0 Å². The van der Waals surface area contributed by atoms with E-state index in [0.29, 0.717) is 11.8 Å². The summed E-state index contributed by atoms with van der Waals surface area (Å²) in [6.07, 6.45) is 11.6. The van der Waals surface area contributed by atoms with Crippen molar-refractivity contribution in [2.75, 3.05) is 0 Å². The molecule has 2 atom stereocenters. The fourth-order valence-corrected chi connectivity index (χ4v) is 3.54. The summed E-state index contributed by atoms with van der Waals surface area (Å²) in [5, 5.41) is 26.7. The molecule has 0 spiro atoms. The molecule has 2 aliphatic carbocycles. The normalized spacial score (nSPS) is 23.7. The van der Waals surface area contributed by atoms with Gasteiger partial charge in [0.15, 0.2) is 12.1 Å². The highest BCUT2D eigenvalue weighted by Crippen LogP contribution is 2.30. The molecule has 2 saturated carbocycles. The van der Waals surface area contributed by atoms with Crippen LogP contribution in [-0.2, 0) is 0 Å². The van der Waals surface area contributed by atoms with Crippen molar-refractivity contribution in [2.24, 2.45) is 22.1 Å². The Morgan fingerprint density at radius 2 is 1.10 bits per heavy atom. The number of nitriles is 2. The highest BCUT2D eigenvalue weighted by atomic mass is 15.1. The minimum Gasteiger partial charge on any atom is -0.196 e. The number of nitrogens with zero attached hydrogens (tertiary/aromatic N) is 4. The van der Waals surface area contributed by atoms with E-state index in [1.54, 1.807) is 0 Å². The lowest BCUT2D eigenvalue weighted by Crippen LogP contribution is -2.11. The van der Waals surface area contributed by atoms with E-state index in [-0.39, 0.29) is 12.1 Å². The Bertz CT molecular complexity index is 354. The van der Waals surface area contributed by atoms with Crippen LogP contribution in [0.3, 0.4) is 0 Å². The molecule has 0 aromatic heterocycles. The minimum absolute atomic E-state index is 0.350. The van der Waals surface area contributed by atoms with E-state index in [2.05, 4.69) is 22.4 Å². The molecule has 108 valence electrons. The van der Waals surface area contributed by atoms with E-state index in [1.165, 1.54) is 51.4 Å². The summed E-state index contributed by atoms with van der Waals surface area (Å²) in [4.78, 5) is 0. The Morgan fingerprint density at radius 1 is 0.750 bits per heavy atom. The molecular weight excluding hydrogens is 248 g/mol. The number of rotatable bonds is 6. The molecule has 0 aliphatic heterocycles. The predicted octanol–water partition coefficient (Wildman–Crippen LogP) is 4.38. The predicted molar refractivity (Wildman–Crippen MR) is 76.8 cm³/mol. The van der Waals surface area contributed by atoms with Gasteiger partial charge in [0.25, 0.3) is 0 Å². The second-order valence-electron chi connectivity index (χ2n) is 6.29. The average molecular weight is 272 g/mol. The Kier molecular flexibility index (Phi) is 5.99. The summed E-state index contributed by atoms with van der Waals surface area (Å²) in [6.45, 7) is 0. The van der Waals surface area contributed by atoms with Gasteiger partial charge in [-0.2, -0.15) is 20.8 Å². The first kappa shape index (κ1) is 15.0. The van der Waals surface area contributed by atoms with Crippen molar-refractivity contribution in [3.8, 4) is 12.1 Å². The summed E-state index contributed by atoms with van der Waals surface area (Å²) >= 11 is 0. The molecule has 0 saturated heterocycles. The first-order valence-corrected chi connectivity index (χ1v) is 8.01. The van der Waals surface area contributed by atoms with E-state index in [9.17, 15) is 0 Å². The maximum absolute atomic E-state index is 9.17. The molecule has 0 radical (unpaired) electrons. The molecule has 0 bridgehead atoms. The second kappa shape index (κ2) is 8.00. The van der Waals surface area contributed by atoms with Gasteiger partial charge >= 0.3 is 0 Å². The highest BCUT2D eigenvalue weighted by Gasteiger charge is 2.22. The molecule has 0 amide bonds. The molecule has 2 aliphatic rings. The van der Waals surface area contributed by atoms with Crippen molar-refractivity contribution in [1.29, 1.82) is 10.5 Å². The smallest absolute Gasteiger partial charge is 0.157 e. The first-order chi connectivity index (χ1) is 9.81. The van der Waals surface area contributed by atoms with Gasteiger partial charge in [0, 0.05) is 0 Å². The van der Waals surface area contributed by atoms with Crippen molar-refractivity contribution < 1.29 is 0 Å². The van der Waals surface area contributed by atoms with Gasteiger partial charge in [0.05, 0.1) is 12.1 Å². The summed E-state index contributed by atoms with van der Waals surface area (Å²) in [5.74, 6) is 1.27. The van der Waals surface area contributed by atoms with Crippen LogP contribution in [0.4, 0.5) is 0 Å². The maximum atomic E-state index is 9.17. The monoisotopic (exact) mass is 272 g/mol. The van der Waals surface area contributed by atoms with Gasteiger partial charge in [0.2, 0.25) is 0 Å². The lowest BCUT2D eigenvalue weighted by atomic mass is 9.99. The fraction of sp³-hybridized carbons (Fsp3) is 0.875. The van der Waals surface area contributed by atoms with Crippen LogP contribution in [0.25, 0.3) is 0 Å². The van der Waals surface area contributed by atoms with E-state index in [1.807, 2.05) is 0 Å². The third kappa shape index (κ3) is 4.60. The Hall–Kier alpha value is -1.42.